The summed E-state index contributed by atoms with van der Waals surface area (Å²) in [6, 6.07) is 5.42. The summed E-state index contributed by atoms with van der Waals surface area (Å²) >= 11 is 0. The van der Waals surface area contributed by atoms with Gasteiger partial charge in [0.15, 0.2) is 0 Å². The molecule has 0 radical (unpaired) electrons. The van der Waals surface area contributed by atoms with Crippen LogP contribution in [0, 0.1) is 29.5 Å². The quantitative estimate of drug-likeness (QED) is 0.368. The standard InChI is InChI=1S/C24H33F/c1-3-5-6-10-20-13-15-21(16-14-20)11-7-8-12-23-18-17-22(9-4-2)19-24(23)25/h7,11,17-21H,3-6,9-10,13-16H2,1-2H3/b11-7+/t20-,21-. The van der Waals surface area contributed by atoms with E-state index in [9.17, 15) is 4.39 Å². The van der Waals surface area contributed by atoms with E-state index >= 15 is 0 Å². The Morgan fingerprint density at radius 1 is 1.08 bits per heavy atom. The number of hydrogen-bond acceptors (Lipinski definition) is 0. The molecule has 0 spiro atoms. The second kappa shape index (κ2) is 11.1. The molecule has 0 saturated heterocycles. The van der Waals surface area contributed by atoms with Gasteiger partial charge in [0, 0.05) is 0 Å². The van der Waals surface area contributed by atoms with E-state index in [0.29, 0.717) is 11.5 Å². The maximum atomic E-state index is 14.0. The minimum atomic E-state index is -0.195. The van der Waals surface area contributed by atoms with Crippen LogP contribution in [0.1, 0.15) is 82.8 Å². The van der Waals surface area contributed by atoms with E-state index in [4.69, 9.17) is 0 Å². The van der Waals surface area contributed by atoms with E-state index in [2.05, 4.69) is 31.8 Å². The number of hydrogen-bond donors (Lipinski definition) is 0. The lowest BCUT2D eigenvalue weighted by Gasteiger charge is -2.26. The monoisotopic (exact) mass is 340 g/mol. The van der Waals surface area contributed by atoms with Crippen LogP contribution in [-0.2, 0) is 6.42 Å². The maximum absolute atomic E-state index is 14.0. The summed E-state index contributed by atoms with van der Waals surface area (Å²) in [4.78, 5) is 0. The van der Waals surface area contributed by atoms with Crippen molar-refractivity contribution in [3.8, 4) is 11.8 Å². The fourth-order valence-electron chi connectivity index (χ4n) is 3.76. The van der Waals surface area contributed by atoms with E-state index in [1.54, 1.807) is 6.07 Å². The Bertz CT molecular complexity index is 594. The molecule has 0 aliphatic heterocycles. The SMILES string of the molecule is CCCCC[C@H]1CC[C@H](/C=C/C#Cc2ccc(CCC)cc2F)CC1. The van der Waals surface area contributed by atoms with Gasteiger partial charge < -0.3 is 0 Å². The third-order valence-corrected chi connectivity index (χ3v) is 5.34. The Kier molecular flexibility index (Phi) is 8.81. The molecule has 1 aromatic rings. The fourth-order valence-corrected chi connectivity index (χ4v) is 3.76. The minimum absolute atomic E-state index is 0.195. The molecule has 0 amide bonds. The summed E-state index contributed by atoms with van der Waals surface area (Å²) in [5, 5.41) is 0. The van der Waals surface area contributed by atoms with Gasteiger partial charge >= 0.3 is 0 Å². The molecule has 0 atom stereocenters. The Morgan fingerprint density at radius 3 is 2.56 bits per heavy atom. The Hall–Kier alpha value is -1.55. The smallest absolute Gasteiger partial charge is 0.139 e. The normalized spacial score (nSPS) is 20.4. The van der Waals surface area contributed by atoms with Gasteiger partial charge in [-0.05, 0) is 67.7 Å². The topological polar surface area (TPSA) is 0 Å². The highest BCUT2D eigenvalue weighted by atomic mass is 19.1. The zero-order chi connectivity index (χ0) is 17.9. The molecule has 1 fully saturated rings. The lowest BCUT2D eigenvalue weighted by atomic mass is 9.79. The van der Waals surface area contributed by atoms with Crippen molar-refractivity contribution in [2.75, 3.05) is 0 Å². The van der Waals surface area contributed by atoms with Crippen LogP contribution in [0.4, 0.5) is 4.39 Å². The molecule has 1 heteroatoms. The first kappa shape index (κ1) is 19.8. The molecular formula is C24H33F. The van der Waals surface area contributed by atoms with Crippen molar-refractivity contribution in [2.24, 2.45) is 11.8 Å². The molecule has 0 heterocycles. The lowest BCUT2D eigenvalue weighted by molar-refractivity contribution is 0.289. The molecule has 0 N–H and O–H groups in total. The van der Waals surface area contributed by atoms with Crippen LogP contribution >= 0.6 is 0 Å². The largest absolute Gasteiger partial charge is 0.206 e. The summed E-state index contributed by atoms with van der Waals surface area (Å²) < 4.78 is 14.0. The van der Waals surface area contributed by atoms with Gasteiger partial charge in [-0.2, -0.15) is 0 Å². The first-order chi connectivity index (χ1) is 12.2. The predicted octanol–water partition coefficient (Wildman–Crippen LogP) is 7.07. The van der Waals surface area contributed by atoms with E-state index in [1.165, 1.54) is 51.4 Å². The minimum Gasteiger partial charge on any atom is -0.206 e. The molecule has 1 saturated carbocycles. The molecule has 1 aliphatic carbocycles. The highest BCUT2D eigenvalue weighted by molar-refractivity contribution is 5.39. The third kappa shape index (κ3) is 7.07. The Balaban J connectivity index is 1.78. The Morgan fingerprint density at radius 2 is 1.88 bits per heavy atom. The van der Waals surface area contributed by atoms with Crippen LogP contribution in [0.3, 0.4) is 0 Å². The van der Waals surface area contributed by atoms with Gasteiger partial charge in [-0.1, -0.05) is 69.9 Å². The lowest BCUT2D eigenvalue weighted by Crippen LogP contribution is -2.12. The first-order valence-electron chi connectivity index (χ1n) is 10.2. The average molecular weight is 341 g/mol. The number of halogens is 1. The van der Waals surface area contributed by atoms with Crippen molar-refractivity contribution in [2.45, 2.75) is 78.1 Å². The average Bonchev–Trinajstić information content (AvgIpc) is 2.62. The predicted molar refractivity (Wildman–Crippen MR) is 106 cm³/mol. The molecule has 1 aromatic carbocycles. The van der Waals surface area contributed by atoms with E-state index in [-0.39, 0.29) is 5.82 Å². The van der Waals surface area contributed by atoms with E-state index < -0.39 is 0 Å². The second-order valence-electron chi connectivity index (χ2n) is 7.47. The molecule has 0 bridgehead atoms. The van der Waals surface area contributed by atoms with Gasteiger partial charge in [-0.25, -0.2) is 4.39 Å². The molecule has 0 unspecified atom stereocenters. The summed E-state index contributed by atoms with van der Waals surface area (Å²) in [5.74, 6) is 7.39. The van der Waals surface area contributed by atoms with Crippen molar-refractivity contribution in [1.29, 1.82) is 0 Å². The highest BCUT2D eigenvalue weighted by Crippen LogP contribution is 2.32. The maximum Gasteiger partial charge on any atom is 0.139 e. The third-order valence-electron chi connectivity index (χ3n) is 5.34. The highest BCUT2D eigenvalue weighted by Gasteiger charge is 2.18. The summed E-state index contributed by atoms with van der Waals surface area (Å²) in [6.07, 6.45) is 16.9. The zero-order valence-corrected chi connectivity index (χ0v) is 16.0. The summed E-state index contributed by atoms with van der Waals surface area (Å²) in [5.41, 5.74) is 1.56. The fraction of sp³-hybridized carbons (Fsp3) is 0.583. The van der Waals surface area contributed by atoms with Crippen molar-refractivity contribution in [3.05, 3.63) is 47.3 Å². The number of benzene rings is 1. The number of rotatable bonds is 7. The van der Waals surface area contributed by atoms with Crippen molar-refractivity contribution < 1.29 is 4.39 Å². The molecule has 136 valence electrons. The van der Waals surface area contributed by atoms with E-state index in [0.717, 1.165) is 24.3 Å². The van der Waals surface area contributed by atoms with Crippen LogP contribution in [0.2, 0.25) is 0 Å². The van der Waals surface area contributed by atoms with Gasteiger partial charge in [-0.3, -0.25) is 0 Å². The van der Waals surface area contributed by atoms with Gasteiger partial charge in [0.05, 0.1) is 5.56 Å². The van der Waals surface area contributed by atoms with Gasteiger partial charge in [-0.15, -0.1) is 0 Å². The molecule has 1 aliphatic rings. The molecule has 25 heavy (non-hydrogen) atoms. The first-order valence-corrected chi connectivity index (χ1v) is 10.2. The molecular weight excluding hydrogens is 307 g/mol. The molecule has 2 rings (SSSR count). The van der Waals surface area contributed by atoms with E-state index in [1.807, 2.05) is 18.2 Å². The number of allylic oxidation sites excluding steroid dienone is 2. The summed E-state index contributed by atoms with van der Waals surface area (Å²) in [6.45, 7) is 4.38. The van der Waals surface area contributed by atoms with Gasteiger partial charge in [0.2, 0.25) is 0 Å². The zero-order valence-electron chi connectivity index (χ0n) is 16.0. The van der Waals surface area contributed by atoms with Crippen LogP contribution in [-0.4, -0.2) is 0 Å². The second-order valence-corrected chi connectivity index (χ2v) is 7.47. The molecule has 0 aromatic heterocycles. The van der Waals surface area contributed by atoms with Crippen molar-refractivity contribution in [1.82, 2.24) is 0 Å². The molecule has 0 nitrogen and oxygen atoms in total. The number of unbranched alkanes of at least 4 members (excludes halogenated alkanes) is 2. The van der Waals surface area contributed by atoms with Crippen molar-refractivity contribution >= 4 is 0 Å². The Labute approximate surface area is 153 Å². The van der Waals surface area contributed by atoms with Crippen molar-refractivity contribution in [3.63, 3.8) is 0 Å². The van der Waals surface area contributed by atoms with Crippen LogP contribution in [0.15, 0.2) is 30.4 Å². The van der Waals surface area contributed by atoms with Crippen LogP contribution < -0.4 is 0 Å². The van der Waals surface area contributed by atoms with Gasteiger partial charge in [0.1, 0.15) is 5.82 Å². The van der Waals surface area contributed by atoms with Gasteiger partial charge in [0.25, 0.3) is 0 Å². The van der Waals surface area contributed by atoms with Crippen LogP contribution in [0.25, 0.3) is 0 Å². The number of aryl methyl sites for hydroxylation is 1. The summed E-state index contributed by atoms with van der Waals surface area (Å²) in [7, 11) is 0. The van der Waals surface area contributed by atoms with Crippen LogP contribution in [0.5, 0.6) is 0 Å².